The van der Waals surface area contributed by atoms with E-state index in [2.05, 4.69) is 13.0 Å². The zero-order valence-corrected chi connectivity index (χ0v) is 7.84. The van der Waals surface area contributed by atoms with Crippen LogP contribution in [0, 0.1) is 5.92 Å². The van der Waals surface area contributed by atoms with Crippen molar-refractivity contribution in [2.45, 2.75) is 31.0 Å². The van der Waals surface area contributed by atoms with Gasteiger partial charge >= 0.3 is 0 Å². The van der Waals surface area contributed by atoms with Crippen molar-refractivity contribution in [3.05, 3.63) is 11.6 Å². The highest BCUT2D eigenvalue weighted by Crippen LogP contribution is 2.38. The summed E-state index contributed by atoms with van der Waals surface area (Å²) in [5, 5.41) is 0. The number of rotatable bonds is 1. The molecule has 10 heavy (non-hydrogen) atoms. The van der Waals surface area contributed by atoms with Gasteiger partial charge in [-0.05, 0) is 31.3 Å². The van der Waals surface area contributed by atoms with Crippen LogP contribution in [-0.2, 0) is 0 Å². The van der Waals surface area contributed by atoms with E-state index in [0.717, 1.165) is 18.8 Å². The molecule has 2 heteroatoms. The van der Waals surface area contributed by atoms with Crippen LogP contribution in [0.2, 0.25) is 0 Å². The Kier molecular flexibility index (Phi) is 2.31. The second-order valence-electron chi connectivity index (χ2n) is 3.16. The third-order valence-electron chi connectivity index (χ3n) is 1.90. The monoisotopic (exact) mass is 178 g/mol. The molecule has 0 fully saturated rings. The topological polar surface area (TPSA) is 0 Å². The van der Waals surface area contributed by atoms with Crippen LogP contribution in [0.25, 0.3) is 0 Å². The van der Waals surface area contributed by atoms with Gasteiger partial charge in [0.15, 0.2) is 0 Å². The van der Waals surface area contributed by atoms with E-state index in [-0.39, 0.29) is 0 Å². The van der Waals surface area contributed by atoms with Crippen LogP contribution in [-0.4, -0.2) is 4.33 Å². The molecule has 0 aliphatic heterocycles. The summed E-state index contributed by atoms with van der Waals surface area (Å²) in [7, 11) is 0. The molecule has 1 unspecified atom stereocenters. The molecule has 0 radical (unpaired) electrons. The molecule has 58 valence electrons. The van der Waals surface area contributed by atoms with Crippen molar-refractivity contribution in [1.29, 1.82) is 0 Å². The van der Waals surface area contributed by atoms with Crippen molar-refractivity contribution in [2.24, 2.45) is 5.92 Å². The first-order valence-corrected chi connectivity index (χ1v) is 4.33. The van der Waals surface area contributed by atoms with Crippen molar-refractivity contribution in [3.8, 4) is 0 Å². The highest BCUT2D eigenvalue weighted by Gasteiger charge is 2.26. The summed E-state index contributed by atoms with van der Waals surface area (Å²) in [6.07, 6.45) is 4.35. The predicted molar refractivity (Wildman–Crippen MR) is 46.6 cm³/mol. The second kappa shape index (κ2) is 2.75. The van der Waals surface area contributed by atoms with Crippen molar-refractivity contribution < 1.29 is 0 Å². The first-order valence-electron chi connectivity index (χ1n) is 3.57. The minimum atomic E-state index is -0.634. The van der Waals surface area contributed by atoms with Gasteiger partial charge in [0.2, 0.25) is 0 Å². The normalized spacial score (nSPS) is 26.8. The standard InChI is InChI=1S/C8H12Cl2/c1-6-3-4-7(5-6)8(2,9)10/h4,6H,3,5H2,1-2H3. The van der Waals surface area contributed by atoms with Crippen LogP contribution in [0.4, 0.5) is 0 Å². The van der Waals surface area contributed by atoms with E-state index in [1.165, 1.54) is 5.57 Å². The Hall–Kier alpha value is 0.320. The average Bonchev–Trinajstić information content (AvgIpc) is 2.11. The first kappa shape index (κ1) is 8.42. The summed E-state index contributed by atoms with van der Waals surface area (Å²) < 4.78 is -0.634. The predicted octanol–water partition coefficient (Wildman–Crippen LogP) is 3.54. The molecule has 0 saturated carbocycles. The number of allylic oxidation sites excluding steroid dienone is 2. The molecule has 0 saturated heterocycles. The van der Waals surface area contributed by atoms with Crippen LogP contribution in [0.1, 0.15) is 26.7 Å². The van der Waals surface area contributed by atoms with Crippen molar-refractivity contribution in [3.63, 3.8) is 0 Å². The molecule has 0 aromatic carbocycles. The Morgan fingerprint density at radius 3 is 2.40 bits per heavy atom. The zero-order valence-electron chi connectivity index (χ0n) is 6.32. The molecule has 0 heterocycles. The fourth-order valence-corrected chi connectivity index (χ4v) is 1.55. The van der Waals surface area contributed by atoms with Crippen molar-refractivity contribution >= 4 is 23.2 Å². The van der Waals surface area contributed by atoms with E-state index >= 15 is 0 Å². The zero-order chi connectivity index (χ0) is 7.78. The molecule has 0 N–H and O–H groups in total. The van der Waals surface area contributed by atoms with Gasteiger partial charge in [-0.25, -0.2) is 0 Å². The SMILES string of the molecule is CC1CC=C(C(C)(Cl)Cl)C1. The smallest absolute Gasteiger partial charge is 0.0970 e. The highest BCUT2D eigenvalue weighted by atomic mass is 35.5. The summed E-state index contributed by atoms with van der Waals surface area (Å²) in [5.41, 5.74) is 1.18. The molecule has 0 aromatic rings. The molecule has 0 spiro atoms. The quantitative estimate of drug-likeness (QED) is 0.426. The summed E-state index contributed by atoms with van der Waals surface area (Å²) >= 11 is 11.8. The third-order valence-corrected chi connectivity index (χ3v) is 2.38. The van der Waals surface area contributed by atoms with Gasteiger partial charge in [0.05, 0.1) is 0 Å². The lowest BCUT2D eigenvalue weighted by Gasteiger charge is -2.15. The molecule has 1 rings (SSSR count). The van der Waals surface area contributed by atoms with Crippen LogP contribution in [0.3, 0.4) is 0 Å². The van der Waals surface area contributed by atoms with E-state index < -0.39 is 4.33 Å². The van der Waals surface area contributed by atoms with Crippen LogP contribution in [0.15, 0.2) is 11.6 Å². The van der Waals surface area contributed by atoms with Gasteiger partial charge in [-0.3, -0.25) is 0 Å². The molecule has 0 bridgehead atoms. The maximum Gasteiger partial charge on any atom is 0.136 e. The van der Waals surface area contributed by atoms with E-state index in [1.54, 1.807) is 0 Å². The molecule has 0 nitrogen and oxygen atoms in total. The van der Waals surface area contributed by atoms with Crippen LogP contribution >= 0.6 is 23.2 Å². The Morgan fingerprint density at radius 2 is 2.20 bits per heavy atom. The summed E-state index contributed by atoms with van der Waals surface area (Å²) in [6, 6.07) is 0. The lowest BCUT2D eigenvalue weighted by molar-refractivity contribution is 0.619. The van der Waals surface area contributed by atoms with E-state index in [4.69, 9.17) is 23.2 Å². The van der Waals surface area contributed by atoms with Gasteiger partial charge < -0.3 is 0 Å². The largest absolute Gasteiger partial charge is 0.136 e. The number of hydrogen-bond acceptors (Lipinski definition) is 0. The van der Waals surface area contributed by atoms with E-state index in [1.807, 2.05) is 6.92 Å². The highest BCUT2D eigenvalue weighted by molar-refractivity contribution is 6.50. The molecule has 1 aliphatic rings. The molecule has 0 amide bonds. The molecular formula is C8H12Cl2. The van der Waals surface area contributed by atoms with Gasteiger partial charge in [-0.2, -0.15) is 0 Å². The molecular weight excluding hydrogens is 167 g/mol. The summed E-state index contributed by atoms with van der Waals surface area (Å²) in [6.45, 7) is 4.04. The maximum atomic E-state index is 5.90. The lowest BCUT2D eigenvalue weighted by atomic mass is 10.1. The van der Waals surface area contributed by atoms with E-state index in [9.17, 15) is 0 Å². The first-order chi connectivity index (χ1) is 4.50. The van der Waals surface area contributed by atoms with Gasteiger partial charge in [0.25, 0.3) is 0 Å². The van der Waals surface area contributed by atoms with Gasteiger partial charge in [-0.15, -0.1) is 0 Å². The number of halogens is 2. The molecule has 1 atom stereocenters. The Morgan fingerprint density at radius 1 is 1.60 bits per heavy atom. The lowest BCUT2D eigenvalue weighted by Crippen LogP contribution is -2.09. The van der Waals surface area contributed by atoms with Crippen LogP contribution < -0.4 is 0 Å². The fraction of sp³-hybridized carbons (Fsp3) is 0.750. The van der Waals surface area contributed by atoms with Crippen molar-refractivity contribution in [1.82, 2.24) is 0 Å². The Labute approximate surface area is 72.2 Å². The van der Waals surface area contributed by atoms with Gasteiger partial charge in [0.1, 0.15) is 4.33 Å². The molecule has 0 aromatic heterocycles. The summed E-state index contributed by atoms with van der Waals surface area (Å²) in [5.74, 6) is 0.729. The second-order valence-corrected chi connectivity index (χ2v) is 4.87. The average molecular weight is 179 g/mol. The third kappa shape index (κ3) is 1.90. The minimum absolute atomic E-state index is 0.634. The number of hydrogen-bond donors (Lipinski definition) is 0. The fourth-order valence-electron chi connectivity index (χ4n) is 1.24. The van der Waals surface area contributed by atoms with Gasteiger partial charge in [0, 0.05) is 0 Å². The van der Waals surface area contributed by atoms with E-state index in [0.29, 0.717) is 0 Å². The van der Waals surface area contributed by atoms with Crippen LogP contribution in [0.5, 0.6) is 0 Å². The Balaban J connectivity index is 2.60. The van der Waals surface area contributed by atoms with Crippen molar-refractivity contribution in [2.75, 3.05) is 0 Å². The number of alkyl halides is 2. The van der Waals surface area contributed by atoms with Gasteiger partial charge in [-0.1, -0.05) is 36.2 Å². The summed E-state index contributed by atoms with van der Waals surface area (Å²) in [4.78, 5) is 0. The maximum absolute atomic E-state index is 5.90. The minimum Gasteiger partial charge on any atom is -0.0970 e. The molecule has 1 aliphatic carbocycles. The Bertz CT molecular complexity index is 153.